The fraction of sp³-hybridized carbons (Fsp3) is 0.121. The van der Waals surface area contributed by atoms with Gasteiger partial charge in [-0.1, -0.05) is 97.6 Å². The first-order valence-corrected chi connectivity index (χ1v) is 12.1. The van der Waals surface area contributed by atoms with Crippen molar-refractivity contribution in [2.45, 2.75) is 18.8 Å². The SMILES string of the molecule is CC[C@](C#Cc1ccc2cc(OC)ccc2c1)(C(=O)Nc1cccc2ccccc12)c1ccccc1. The maximum atomic E-state index is 14.0. The normalized spacial score (nSPS) is 12.4. The Labute approximate surface area is 211 Å². The van der Waals surface area contributed by atoms with Crippen LogP contribution in [0.1, 0.15) is 24.5 Å². The molecular weight excluding hydrogens is 442 g/mol. The zero-order valence-electron chi connectivity index (χ0n) is 20.4. The van der Waals surface area contributed by atoms with Crippen LogP contribution < -0.4 is 10.1 Å². The van der Waals surface area contributed by atoms with Crippen LogP contribution in [0.2, 0.25) is 0 Å². The van der Waals surface area contributed by atoms with Crippen molar-refractivity contribution in [3.8, 4) is 17.6 Å². The van der Waals surface area contributed by atoms with E-state index < -0.39 is 5.41 Å². The molecule has 0 bridgehead atoms. The first-order valence-electron chi connectivity index (χ1n) is 12.1. The number of benzene rings is 5. The van der Waals surface area contributed by atoms with Gasteiger partial charge in [-0.2, -0.15) is 0 Å². The van der Waals surface area contributed by atoms with E-state index in [0.717, 1.165) is 44.1 Å². The Hall–Kier alpha value is -4.55. The van der Waals surface area contributed by atoms with Crippen LogP contribution >= 0.6 is 0 Å². The van der Waals surface area contributed by atoms with Crippen LogP contribution in [-0.4, -0.2) is 13.0 Å². The van der Waals surface area contributed by atoms with Crippen LogP contribution in [-0.2, 0) is 10.2 Å². The van der Waals surface area contributed by atoms with Gasteiger partial charge in [-0.25, -0.2) is 0 Å². The smallest absolute Gasteiger partial charge is 0.247 e. The number of hydrogen-bond acceptors (Lipinski definition) is 2. The third-order valence-electron chi connectivity index (χ3n) is 6.69. The number of methoxy groups -OCH3 is 1. The number of rotatable bonds is 5. The van der Waals surface area contributed by atoms with Gasteiger partial charge >= 0.3 is 0 Å². The van der Waals surface area contributed by atoms with E-state index in [1.807, 2.05) is 110 Å². The Balaban J connectivity index is 1.57. The van der Waals surface area contributed by atoms with Crippen LogP contribution in [0, 0.1) is 11.8 Å². The molecule has 0 fully saturated rings. The summed E-state index contributed by atoms with van der Waals surface area (Å²) in [7, 11) is 1.66. The molecule has 1 amide bonds. The molecule has 5 aromatic carbocycles. The number of hydrogen-bond donors (Lipinski definition) is 1. The molecule has 0 heterocycles. The van der Waals surface area contributed by atoms with E-state index in [1.165, 1.54) is 0 Å². The molecule has 0 spiro atoms. The molecule has 36 heavy (non-hydrogen) atoms. The van der Waals surface area contributed by atoms with Gasteiger partial charge < -0.3 is 10.1 Å². The van der Waals surface area contributed by atoms with Crippen molar-refractivity contribution in [1.29, 1.82) is 0 Å². The summed E-state index contributed by atoms with van der Waals surface area (Å²) in [5.41, 5.74) is 1.52. The van der Waals surface area contributed by atoms with E-state index in [1.54, 1.807) is 7.11 Å². The Bertz CT molecular complexity index is 1610. The van der Waals surface area contributed by atoms with Crippen LogP contribution in [0.4, 0.5) is 5.69 Å². The number of fused-ring (bicyclic) bond motifs is 2. The fourth-order valence-electron chi connectivity index (χ4n) is 4.61. The largest absolute Gasteiger partial charge is 0.497 e. The lowest BCUT2D eigenvalue weighted by atomic mass is 9.77. The molecule has 5 rings (SSSR count). The van der Waals surface area contributed by atoms with E-state index >= 15 is 0 Å². The maximum absolute atomic E-state index is 14.0. The summed E-state index contributed by atoms with van der Waals surface area (Å²) in [6, 6.07) is 35.9. The van der Waals surface area contributed by atoms with Crippen LogP contribution in [0.5, 0.6) is 5.75 Å². The van der Waals surface area contributed by atoms with Gasteiger partial charge in [-0.05, 0) is 58.5 Å². The Morgan fingerprint density at radius 3 is 2.33 bits per heavy atom. The third-order valence-corrected chi connectivity index (χ3v) is 6.69. The van der Waals surface area contributed by atoms with E-state index in [0.29, 0.717) is 6.42 Å². The van der Waals surface area contributed by atoms with Gasteiger partial charge in [-0.3, -0.25) is 4.79 Å². The van der Waals surface area contributed by atoms with Crippen molar-refractivity contribution in [3.63, 3.8) is 0 Å². The molecule has 176 valence electrons. The van der Waals surface area contributed by atoms with E-state index in [2.05, 4.69) is 23.2 Å². The second kappa shape index (κ2) is 9.98. The molecular formula is C33H27NO2. The number of amides is 1. The van der Waals surface area contributed by atoms with Crippen molar-refractivity contribution < 1.29 is 9.53 Å². The van der Waals surface area contributed by atoms with Gasteiger partial charge in [-0.15, -0.1) is 0 Å². The lowest BCUT2D eigenvalue weighted by molar-refractivity contribution is -0.119. The molecule has 3 nitrogen and oxygen atoms in total. The average Bonchev–Trinajstić information content (AvgIpc) is 2.94. The van der Waals surface area contributed by atoms with E-state index in [4.69, 9.17) is 4.74 Å². The standard InChI is InChI=1S/C33H27NO2/c1-3-33(28-12-5-4-6-13-28,32(35)34-31-15-9-11-25-10-7-8-14-30(25)31)21-20-24-16-17-27-23-29(36-2)19-18-26(27)22-24/h4-19,22-23H,3H2,1-2H3,(H,34,35)/t33-/m1/s1. The zero-order valence-corrected chi connectivity index (χ0v) is 20.4. The number of nitrogens with one attached hydrogen (secondary N) is 1. The third kappa shape index (κ3) is 4.42. The van der Waals surface area contributed by atoms with E-state index in [9.17, 15) is 4.79 Å². The summed E-state index contributed by atoms with van der Waals surface area (Å²) >= 11 is 0. The molecule has 0 aliphatic carbocycles. The predicted molar refractivity (Wildman–Crippen MR) is 148 cm³/mol. The molecule has 0 saturated heterocycles. The molecule has 0 aliphatic heterocycles. The van der Waals surface area contributed by atoms with Crippen LogP contribution in [0.15, 0.2) is 109 Å². The lowest BCUT2D eigenvalue weighted by Gasteiger charge is -2.27. The summed E-state index contributed by atoms with van der Waals surface area (Å²) in [6.45, 7) is 2.01. The van der Waals surface area contributed by atoms with Crippen molar-refractivity contribution in [2.75, 3.05) is 12.4 Å². The zero-order chi connectivity index (χ0) is 25.0. The van der Waals surface area contributed by atoms with Gasteiger partial charge in [0.05, 0.1) is 7.11 Å². The Kier molecular flexibility index (Phi) is 6.43. The molecule has 1 atom stereocenters. The van der Waals surface area contributed by atoms with Crippen molar-refractivity contribution in [2.24, 2.45) is 0 Å². The number of carbonyl (C=O) groups excluding carboxylic acids is 1. The lowest BCUT2D eigenvalue weighted by Crippen LogP contribution is -2.39. The maximum Gasteiger partial charge on any atom is 0.247 e. The summed E-state index contributed by atoms with van der Waals surface area (Å²) in [5.74, 6) is 7.39. The minimum atomic E-state index is -1.01. The summed E-state index contributed by atoms with van der Waals surface area (Å²) in [5, 5.41) is 7.44. The molecule has 0 saturated carbocycles. The van der Waals surface area contributed by atoms with Crippen LogP contribution in [0.3, 0.4) is 0 Å². The number of carbonyl (C=O) groups is 1. The van der Waals surface area contributed by atoms with Crippen molar-refractivity contribution >= 4 is 33.1 Å². The summed E-state index contributed by atoms with van der Waals surface area (Å²) in [6.07, 6.45) is 0.533. The quantitative estimate of drug-likeness (QED) is 0.274. The van der Waals surface area contributed by atoms with Gasteiger partial charge in [0.15, 0.2) is 0 Å². The predicted octanol–water partition coefficient (Wildman–Crippen LogP) is 7.34. The number of ether oxygens (including phenoxy) is 1. The number of anilines is 1. The molecule has 0 radical (unpaired) electrons. The highest BCUT2D eigenvalue weighted by atomic mass is 16.5. The van der Waals surface area contributed by atoms with Crippen molar-refractivity contribution in [3.05, 3.63) is 120 Å². The fourth-order valence-corrected chi connectivity index (χ4v) is 4.61. The summed E-state index contributed by atoms with van der Waals surface area (Å²) < 4.78 is 5.34. The molecule has 3 heteroatoms. The minimum absolute atomic E-state index is 0.134. The Morgan fingerprint density at radius 1 is 0.806 bits per heavy atom. The van der Waals surface area contributed by atoms with Crippen LogP contribution in [0.25, 0.3) is 21.5 Å². The first kappa shape index (κ1) is 23.2. The molecule has 5 aromatic rings. The van der Waals surface area contributed by atoms with Crippen molar-refractivity contribution in [1.82, 2.24) is 0 Å². The first-order chi connectivity index (χ1) is 17.6. The second-order valence-corrected chi connectivity index (χ2v) is 8.78. The highest BCUT2D eigenvalue weighted by Gasteiger charge is 2.37. The summed E-state index contributed by atoms with van der Waals surface area (Å²) in [4.78, 5) is 14.0. The molecule has 0 aliphatic rings. The van der Waals surface area contributed by atoms with Gasteiger partial charge in [0, 0.05) is 16.6 Å². The van der Waals surface area contributed by atoms with Gasteiger partial charge in [0.25, 0.3) is 0 Å². The molecule has 0 aromatic heterocycles. The highest BCUT2D eigenvalue weighted by Crippen LogP contribution is 2.32. The monoisotopic (exact) mass is 469 g/mol. The van der Waals surface area contributed by atoms with Gasteiger partial charge in [0.1, 0.15) is 11.2 Å². The highest BCUT2D eigenvalue weighted by molar-refractivity contribution is 6.07. The molecule has 0 unspecified atom stereocenters. The van der Waals surface area contributed by atoms with Gasteiger partial charge in [0.2, 0.25) is 5.91 Å². The topological polar surface area (TPSA) is 38.3 Å². The average molecular weight is 470 g/mol. The Morgan fingerprint density at radius 2 is 1.53 bits per heavy atom. The minimum Gasteiger partial charge on any atom is -0.497 e. The molecule has 1 N–H and O–H groups in total. The van der Waals surface area contributed by atoms with E-state index in [-0.39, 0.29) is 5.91 Å². The second-order valence-electron chi connectivity index (χ2n) is 8.78.